The number of halogens is 2. The van der Waals surface area contributed by atoms with E-state index in [1.165, 1.54) is 19.1 Å². The number of allylic oxidation sites excluding steroid dienone is 4. The fourth-order valence-corrected chi connectivity index (χ4v) is 7.46. The van der Waals surface area contributed by atoms with Crippen LogP contribution in [0.15, 0.2) is 23.8 Å². The third kappa shape index (κ3) is 2.32. The van der Waals surface area contributed by atoms with E-state index in [4.69, 9.17) is 0 Å². The molecule has 0 aromatic heterocycles. The van der Waals surface area contributed by atoms with E-state index in [-0.39, 0.29) is 24.8 Å². The highest BCUT2D eigenvalue weighted by atomic mass is 19.1. The molecule has 4 rings (SSSR count). The summed E-state index contributed by atoms with van der Waals surface area (Å²) in [5.74, 6) is -2.99. The number of Topliss-reactive ketones (excluding diaryl/α,β-unsaturated/α-hetero) is 1. The molecule has 0 aromatic carbocycles. The van der Waals surface area contributed by atoms with Crippen LogP contribution in [0.2, 0.25) is 0 Å². The van der Waals surface area contributed by atoms with Crippen molar-refractivity contribution in [1.29, 1.82) is 0 Å². The number of carbonyl (C=O) groups is 2. The zero-order valence-electron chi connectivity index (χ0n) is 17.6. The van der Waals surface area contributed by atoms with Crippen LogP contribution in [-0.2, 0) is 9.59 Å². The summed E-state index contributed by atoms with van der Waals surface area (Å²) in [6, 6.07) is 0. The first kappa shape index (κ1) is 21.8. The van der Waals surface area contributed by atoms with Crippen molar-refractivity contribution in [3.05, 3.63) is 23.8 Å². The van der Waals surface area contributed by atoms with Gasteiger partial charge in [0, 0.05) is 16.7 Å². The highest BCUT2D eigenvalue weighted by Crippen LogP contribution is 2.70. The number of alkyl halides is 2. The summed E-state index contributed by atoms with van der Waals surface area (Å²) in [6.45, 7) is 4.06. The summed E-state index contributed by atoms with van der Waals surface area (Å²) >= 11 is 0. The largest absolute Gasteiger partial charge is 0.390 e. The fraction of sp³-hybridized carbons (Fsp3) is 0.739. The first-order valence-corrected chi connectivity index (χ1v) is 10.7. The van der Waals surface area contributed by atoms with Gasteiger partial charge in [-0.3, -0.25) is 9.59 Å². The van der Waals surface area contributed by atoms with Crippen molar-refractivity contribution >= 4 is 11.6 Å². The molecular weight excluding hydrogens is 394 g/mol. The Morgan fingerprint density at radius 1 is 1.27 bits per heavy atom. The Hall–Kier alpha value is -1.44. The lowest BCUT2D eigenvalue weighted by Gasteiger charge is -2.59. The Morgan fingerprint density at radius 2 is 1.93 bits per heavy atom. The van der Waals surface area contributed by atoms with E-state index < -0.39 is 70.3 Å². The average Bonchev–Trinajstić information content (AvgIpc) is 2.84. The molecule has 0 unspecified atom stereocenters. The SMILES string of the molecule is C[C@@H]1C[C@H]2[C@H]3CC[C@H](F)C4=CC(=O)C=C[C@]4(C)[C@@]3(F)[C@@H](O)C[C@]2(C)[C@@]1(O)C(=O)CO. The summed E-state index contributed by atoms with van der Waals surface area (Å²) in [7, 11) is 0. The fourth-order valence-electron chi connectivity index (χ4n) is 7.46. The van der Waals surface area contributed by atoms with Crippen LogP contribution in [0.5, 0.6) is 0 Å². The third-order valence-electron chi connectivity index (χ3n) is 9.05. The van der Waals surface area contributed by atoms with Crippen molar-refractivity contribution in [2.75, 3.05) is 6.61 Å². The van der Waals surface area contributed by atoms with Crippen molar-refractivity contribution in [1.82, 2.24) is 0 Å². The van der Waals surface area contributed by atoms with Gasteiger partial charge in [0.25, 0.3) is 0 Å². The monoisotopic (exact) mass is 424 g/mol. The molecule has 166 valence electrons. The van der Waals surface area contributed by atoms with Gasteiger partial charge in [-0.25, -0.2) is 8.78 Å². The molecule has 0 amide bonds. The molecule has 0 heterocycles. The molecule has 30 heavy (non-hydrogen) atoms. The molecule has 7 heteroatoms. The Balaban J connectivity index is 1.89. The zero-order valence-corrected chi connectivity index (χ0v) is 17.6. The van der Waals surface area contributed by atoms with Gasteiger partial charge in [-0.2, -0.15) is 0 Å². The normalized spacial score (nSPS) is 52.7. The molecule has 4 aliphatic rings. The molecule has 0 radical (unpaired) electrons. The molecule has 0 aliphatic heterocycles. The van der Waals surface area contributed by atoms with Gasteiger partial charge in [0.15, 0.2) is 17.2 Å². The Morgan fingerprint density at radius 3 is 2.57 bits per heavy atom. The van der Waals surface area contributed by atoms with Crippen molar-refractivity contribution in [3.63, 3.8) is 0 Å². The first-order valence-electron chi connectivity index (χ1n) is 10.7. The van der Waals surface area contributed by atoms with Gasteiger partial charge in [-0.05, 0) is 62.2 Å². The Labute approximate surface area is 174 Å². The molecule has 5 nitrogen and oxygen atoms in total. The molecule has 9 atom stereocenters. The van der Waals surface area contributed by atoms with Gasteiger partial charge in [0.05, 0.1) is 6.10 Å². The van der Waals surface area contributed by atoms with Crippen LogP contribution < -0.4 is 0 Å². The molecule has 4 aliphatic carbocycles. The number of ketones is 2. The molecule has 0 aromatic rings. The van der Waals surface area contributed by atoms with Crippen molar-refractivity contribution in [3.8, 4) is 0 Å². The number of aliphatic hydroxyl groups excluding tert-OH is 2. The van der Waals surface area contributed by atoms with E-state index in [1.54, 1.807) is 13.8 Å². The van der Waals surface area contributed by atoms with E-state index in [0.717, 1.165) is 6.08 Å². The van der Waals surface area contributed by atoms with Gasteiger partial charge in [-0.15, -0.1) is 0 Å². The highest BCUT2D eigenvalue weighted by molar-refractivity contribution is 6.01. The van der Waals surface area contributed by atoms with Crippen LogP contribution >= 0.6 is 0 Å². The predicted octanol–water partition coefficient (Wildman–Crippen LogP) is 2.23. The molecule has 3 N–H and O–H groups in total. The van der Waals surface area contributed by atoms with Crippen LogP contribution in [0, 0.1) is 28.6 Å². The van der Waals surface area contributed by atoms with E-state index in [9.17, 15) is 24.9 Å². The molecule has 0 bridgehead atoms. The van der Waals surface area contributed by atoms with E-state index in [1.807, 2.05) is 0 Å². The van der Waals surface area contributed by atoms with Crippen LogP contribution in [0.3, 0.4) is 0 Å². The minimum Gasteiger partial charge on any atom is -0.390 e. The number of aliphatic hydroxyl groups is 3. The van der Waals surface area contributed by atoms with Gasteiger partial charge in [0.2, 0.25) is 0 Å². The Kier molecular flexibility index (Phi) is 4.74. The van der Waals surface area contributed by atoms with E-state index in [0.29, 0.717) is 6.42 Å². The van der Waals surface area contributed by atoms with E-state index in [2.05, 4.69) is 0 Å². The second kappa shape index (κ2) is 6.53. The molecule has 0 spiro atoms. The van der Waals surface area contributed by atoms with Crippen LogP contribution in [-0.4, -0.2) is 57.0 Å². The lowest BCUT2D eigenvalue weighted by Crippen LogP contribution is -2.68. The van der Waals surface area contributed by atoms with Crippen molar-refractivity contribution < 1.29 is 33.7 Å². The maximum absolute atomic E-state index is 17.1. The van der Waals surface area contributed by atoms with Gasteiger partial charge >= 0.3 is 0 Å². The smallest absolute Gasteiger partial charge is 0.190 e. The quantitative estimate of drug-likeness (QED) is 0.632. The first-order chi connectivity index (χ1) is 13.9. The summed E-state index contributed by atoms with van der Waals surface area (Å²) in [4.78, 5) is 24.5. The topological polar surface area (TPSA) is 94.8 Å². The van der Waals surface area contributed by atoms with Crippen LogP contribution in [0.1, 0.15) is 46.5 Å². The minimum absolute atomic E-state index is 0.00106. The molecule has 0 saturated heterocycles. The number of rotatable bonds is 2. The number of hydrogen-bond donors (Lipinski definition) is 3. The van der Waals surface area contributed by atoms with E-state index >= 15 is 8.78 Å². The standard InChI is InChI=1S/C23H30F2O5/c1-12-8-15-14-4-5-17(24)16-9-13(27)6-7-20(16,2)22(14,25)18(28)10-21(15,3)23(12,30)19(29)11-26/h6-7,9,12,14-15,17-18,26,28,30H,4-5,8,10-11H2,1-3H3/t12-,14-,15+,17+,18+,20+,21+,22+,23+/m1/s1. The van der Waals surface area contributed by atoms with Crippen molar-refractivity contribution in [2.24, 2.45) is 28.6 Å². The lowest BCUT2D eigenvalue weighted by atomic mass is 9.48. The predicted molar refractivity (Wildman–Crippen MR) is 105 cm³/mol. The maximum atomic E-state index is 17.1. The summed E-state index contributed by atoms with van der Waals surface area (Å²) < 4.78 is 32.3. The molecule has 3 saturated carbocycles. The second-order valence-corrected chi connectivity index (χ2v) is 10.2. The Bertz CT molecular complexity index is 855. The summed E-state index contributed by atoms with van der Waals surface area (Å²) in [5, 5.41) is 32.1. The van der Waals surface area contributed by atoms with Gasteiger partial charge < -0.3 is 15.3 Å². The maximum Gasteiger partial charge on any atom is 0.190 e. The van der Waals surface area contributed by atoms with Gasteiger partial charge in [-0.1, -0.05) is 19.9 Å². The lowest BCUT2D eigenvalue weighted by molar-refractivity contribution is -0.211. The van der Waals surface area contributed by atoms with Gasteiger partial charge in [0.1, 0.15) is 18.4 Å². The zero-order chi connectivity index (χ0) is 22.3. The number of fused-ring (bicyclic) bond motifs is 5. The second-order valence-electron chi connectivity index (χ2n) is 10.2. The molecular formula is C23H30F2O5. The average molecular weight is 424 g/mol. The number of hydrogen-bond acceptors (Lipinski definition) is 5. The summed E-state index contributed by atoms with van der Waals surface area (Å²) in [6.07, 6.45) is 0.918. The van der Waals surface area contributed by atoms with Crippen LogP contribution in [0.4, 0.5) is 8.78 Å². The minimum atomic E-state index is -2.26. The molecule has 3 fully saturated rings. The van der Waals surface area contributed by atoms with Crippen LogP contribution in [0.25, 0.3) is 0 Å². The highest BCUT2D eigenvalue weighted by Gasteiger charge is 2.75. The van der Waals surface area contributed by atoms with Crippen molar-refractivity contribution in [2.45, 2.75) is 70.0 Å². The third-order valence-corrected chi connectivity index (χ3v) is 9.05. The number of carbonyl (C=O) groups excluding carboxylic acids is 2. The summed E-state index contributed by atoms with van der Waals surface area (Å²) in [5.41, 5.74) is -6.76.